The van der Waals surface area contributed by atoms with Crippen LogP contribution in [0.4, 0.5) is 11.4 Å². The summed E-state index contributed by atoms with van der Waals surface area (Å²) in [5, 5.41) is 2.83. The Bertz CT molecular complexity index is 1290. The van der Waals surface area contributed by atoms with E-state index in [2.05, 4.69) is 15.3 Å². The Morgan fingerprint density at radius 2 is 1.61 bits per heavy atom. The largest absolute Gasteiger partial charge is 0.397 e. The number of anilines is 2. The molecule has 0 aliphatic carbocycles. The first-order valence-corrected chi connectivity index (χ1v) is 9.87. The zero-order chi connectivity index (χ0) is 22.0. The molecule has 0 spiro atoms. The van der Waals surface area contributed by atoms with Gasteiger partial charge in [0.1, 0.15) is 5.82 Å². The lowest BCUT2D eigenvalue weighted by molar-refractivity contribution is -0.112. The van der Waals surface area contributed by atoms with Gasteiger partial charge in [-0.3, -0.25) is 9.59 Å². The monoisotopic (exact) mass is 410 g/mol. The van der Waals surface area contributed by atoms with Gasteiger partial charge < -0.3 is 16.0 Å². The van der Waals surface area contributed by atoms with Crippen molar-refractivity contribution in [3.05, 3.63) is 95.3 Å². The number of fused-ring (bicyclic) bond motifs is 1. The van der Waals surface area contributed by atoms with Crippen LogP contribution in [-0.4, -0.2) is 21.7 Å². The van der Waals surface area contributed by atoms with Crippen molar-refractivity contribution in [1.29, 1.82) is 0 Å². The second-order valence-corrected chi connectivity index (χ2v) is 7.30. The highest BCUT2D eigenvalue weighted by Gasteiger charge is 2.15. The number of rotatable bonds is 5. The predicted molar refractivity (Wildman–Crippen MR) is 124 cm³/mol. The van der Waals surface area contributed by atoms with Gasteiger partial charge >= 0.3 is 0 Å². The fourth-order valence-corrected chi connectivity index (χ4v) is 3.27. The Morgan fingerprint density at radius 1 is 0.903 bits per heavy atom. The lowest BCUT2D eigenvalue weighted by Crippen LogP contribution is -2.15. The Labute approximate surface area is 179 Å². The zero-order valence-corrected chi connectivity index (χ0v) is 17.3. The van der Waals surface area contributed by atoms with Crippen LogP contribution in [0.2, 0.25) is 0 Å². The number of nitrogens with one attached hydrogen (secondary N) is 2. The number of hydrogen-bond acceptors (Lipinski definition) is 4. The van der Waals surface area contributed by atoms with Gasteiger partial charge in [0.2, 0.25) is 0 Å². The van der Waals surface area contributed by atoms with Gasteiger partial charge in [0, 0.05) is 22.3 Å². The molecule has 1 heterocycles. The van der Waals surface area contributed by atoms with Crippen LogP contribution < -0.4 is 11.1 Å². The molecule has 154 valence electrons. The smallest absolute Gasteiger partial charge is 0.251 e. The number of para-hydroxylation sites is 2. The molecule has 4 aromatic rings. The molecular weight excluding hydrogens is 388 g/mol. The van der Waals surface area contributed by atoms with Gasteiger partial charge in [0.25, 0.3) is 5.91 Å². The number of aromatic nitrogens is 2. The molecule has 6 nitrogen and oxygen atoms in total. The standard InChI is InChI=1S/C25H22N4O2/c1-15(24-27-21-10-6-7-11-22(21)28-24)16(2)25(31)29-20-13-12-18(14-19(20)26)23(30)17-8-4-3-5-9-17/h3-14H,26H2,1-2H3,(H,27,28)(H,29,31)/b16-15-. The minimum atomic E-state index is -0.285. The van der Waals surface area contributed by atoms with Crippen LogP contribution >= 0.6 is 0 Å². The summed E-state index contributed by atoms with van der Waals surface area (Å²) in [6, 6.07) is 21.6. The van der Waals surface area contributed by atoms with Crippen molar-refractivity contribution in [2.24, 2.45) is 0 Å². The van der Waals surface area contributed by atoms with E-state index in [0.29, 0.717) is 33.9 Å². The van der Waals surface area contributed by atoms with E-state index in [0.717, 1.165) is 16.6 Å². The van der Waals surface area contributed by atoms with Crippen molar-refractivity contribution in [1.82, 2.24) is 9.97 Å². The van der Waals surface area contributed by atoms with E-state index in [1.54, 1.807) is 37.3 Å². The molecule has 3 aromatic carbocycles. The van der Waals surface area contributed by atoms with Gasteiger partial charge in [-0.15, -0.1) is 0 Å². The summed E-state index contributed by atoms with van der Waals surface area (Å²) in [5.41, 5.74) is 11.0. The van der Waals surface area contributed by atoms with Gasteiger partial charge in [-0.25, -0.2) is 4.98 Å². The minimum absolute atomic E-state index is 0.123. The van der Waals surface area contributed by atoms with Crippen molar-refractivity contribution in [3.63, 3.8) is 0 Å². The van der Waals surface area contributed by atoms with Crippen LogP contribution in [0.15, 0.2) is 78.4 Å². The van der Waals surface area contributed by atoms with Crippen molar-refractivity contribution in [3.8, 4) is 0 Å². The van der Waals surface area contributed by atoms with Gasteiger partial charge in [-0.1, -0.05) is 42.5 Å². The highest BCUT2D eigenvalue weighted by Crippen LogP contribution is 2.24. The fourth-order valence-electron chi connectivity index (χ4n) is 3.27. The number of aromatic amines is 1. The van der Waals surface area contributed by atoms with Crippen molar-refractivity contribution < 1.29 is 9.59 Å². The minimum Gasteiger partial charge on any atom is -0.397 e. The molecule has 4 rings (SSSR count). The SMILES string of the molecule is C/C(C(=O)Nc1ccc(C(=O)c2ccccc2)cc1N)=C(\C)c1nc2ccccc2[nH]1. The van der Waals surface area contributed by atoms with Gasteiger partial charge in [0.05, 0.1) is 22.4 Å². The fraction of sp³-hybridized carbons (Fsp3) is 0.0800. The van der Waals surface area contributed by atoms with E-state index < -0.39 is 0 Å². The van der Waals surface area contributed by atoms with E-state index in [1.165, 1.54) is 0 Å². The maximum atomic E-state index is 12.8. The van der Waals surface area contributed by atoms with Gasteiger partial charge in [-0.2, -0.15) is 0 Å². The van der Waals surface area contributed by atoms with Crippen LogP contribution in [0.3, 0.4) is 0 Å². The number of carbonyl (C=O) groups is 2. The number of ketones is 1. The molecule has 6 heteroatoms. The van der Waals surface area contributed by atoms with Crippen LogP contribution in [-0.2, 0) is 4.79 Å². The van der Waals surface area contributed by atoms with Gasteiger partial charge in [-0.05, 0) is 44.2 Å². The summed E-state index contributed by atoms with van der Waals surface area (Å²) in [7, 11) is 0. The van der Waals surface area contributed by atoms with Crippen LogP contribution in [0.25, 0.3) is 16.6 Å². The number of amides is 1. The Hall–Kier alpha value is -4.19. The summed E-state index contributed by atoms with van der Waals surface area (Å²) in [4.78, 5) is 33.2. The van der Waals surface area contributed by atoms with Crippen LogP contribution in [0, 0.1) is 0 Å². The maximum Gasteiger partial charge on any atom is 0.251 e. The number of allylic oxidation sites excluding steroid dienone is 1. The Kier molecular flexibility index (Phi) is 5.37. The van der Waals surface area contributed by atoms with Crippen molar-refractivity contribution >= 4 is 39.7 Å². The first-order valence-electron chi connectivity index (χ1n) is 9.87. The van der Waals surface area contributed by atoms with Gasteiger partial charge in [0.15, 0.2) is 5.78 Å². The first-order chi connectivity index (χ1) is 14.9. The molecular formula is C25H22N4O2. The number of nitrogen functional groups attached to an aromatic ring is 1. The lowest BCUT2D eigenvalue weighted by Gasteiger charge is -2.11. The molecule has 0 aliphatic heterocycles. The molecule has 0 unspecified atom stereocenters. The summed E-state index contributed by atoms with van der Waals surface area (Å²) >= 11 is 0. The third kappa shape index (κ3) is 4.09. The predicted octanol–water partition coefficient (Wildman–Crippen LogP) is 4.81. The molecule has 0 saturated carbocycles. The number of H-pyrrole nitrogens is 1. The maximum absolute atomic E-state index is 12.8. The number of carbonyl (C=O) groups excluding carboxylic acids is 2. The second-order valence-electron chi connectivity index (χ2n) is 7.30. The molecule has 0 radical (unpaired) electrons. The van der Waals surface area contributed by atoms with Crippen molar-refractivity contribution in [2.45, 2.75) is 13.8 Å². The quantitative estimate of drug-likeness (QED) is 0.250. The highest BCUT2D eigenvalue weighted by molar-refractivity contribution is 6.12. The molecule has 0 atom stereocenters. The second kappa shape index (κ2) is 8.28. The third-order valence-corrected chi connectivity index (χ3v) is 5.25. The molecule has 1 amide bonds. The number of benzene rings is 3. The number of nitrogens with zero attached hydrogens (tertiary/aromatic N) is 1. The van der Waals surface area contributed by atoms with E-state index >= 15 is 0 Å². The zero-order valence-electron chi connectivity index (χ0n) is 17.3. The Morgan fingerprint density at radius 3 is 2.32 bits per heavy atom. The number of nitrogens with two attached hydrogens (primary N) is 1. The van der Waals surface area contributed by atoms with Crippen molar-refractivity contribution in [2.75, 3.05) is 11.1 Å². The summed E-state index contributed by atoms with van der Waals surface area (Å²) < 4.78 is 0. The average Bonchev–Trinajstić information content (AvgIpc) is 3.23. The third-order valence-electron chi connectivity index (χ3n) is 5.25. The van der Waals surface area contributed by atoms with E-state index in [4.69, 9.17) is 5.73 Å². The number of hydrogen-bond donors (Lipinski definition) is 3. The van der Waals surface area contributed by atoms with Crippen LogP contribution in [0.1, 0.15) is 35.6 Å². The molecule has 31 heavy (non-hydrogen) atoms. The normalized spacial score (nSPS) is 11.8. The lowest BCUT2D eigenvalue weighted by atomic mass is 10.0. The molecule has 1 aromatic heterocycles. The molecule has 0 saturated heterocycles. The Balaban J connectivity index is 1.55. The van der Waals surface area contributed by atoms with E-state index in [1.807, 2.05) is 49.4 Å². The van der Waals surface area contributed by atoms with Crippen LogP contribution in [0.5, 0.6) is 0 Å². The molecule has 0 bridgehead atoms. The molecule has 4 N–H and O–H groups in total. The first kappa shape index (κ1) is 20.1. The average molecular weight is 410 g/mol. The van der Waals surface area contributed by atoms with E-state index in [-0.39, 0.29) is 11.7 Å². The molecule has 0 aliphatic rings. The summed E-state index contributed by atoms with van der Waals surface area (Å²) in [6.45, 7) is 3.58. The highest BCUT2D eigenvalue weighted by atomic mass is 16.1. The van der Waals surface area contributed by atoms with E-state index in [9.17, 15) is 9.59 Å². The summed E-state index contributed by atoms with van der Waals surface area (Å²) in [6.07, 6.45) is 0. The summed E-state index contributed by atoms with van der Waals surface area (Å²) in [5.74, 6) is 0.236. The number of imidazole rings is 1. The topological polar surface area (TPSA) is 101 Å². The molecule has 0 fully saturated rings.